The van der Waals surface area contributed by atoms with Gasteiger partial charge in [0.15, 0.2) is 11.5 Å². The first-order chi connectivity index (χ1) is 8.81. The lowest BCUT2D eigenvalue weighted by Gasteiger charge is -2.12. The lowest BCUT2D eigenvalue weighted by atomic mass is 10.2. The van der Waals surface area contributed by atoms with E-state index in [9.17, 15) is 0 Å². The maximum absolute atomic E-state index is 5.76. The highest BCUT2D eigenvalue weighted by molar-refractivity contribution is 5.41. The van der Waals surface area contributed by atoms with Crippen LogP contribution < -0.4 is 15.2 Å². The number of rotatable bonds is 5. The Bertz CT molecular complexity index is 515. The summed E-state index contributed by atoms with van der Waals surface area (Å²) in [5.41, 5.74) is 6.62. The predicted octanol–water partition coefficient (Wildman–Crippen LogP) is 2.64. The quantitative estimate of drug-likeness (QED) is 0.878. The van der Waals surface area contributed by atoms with Crippen molar-refractivity contribution in [1.29, 1.82) is 0 Å². The minimum atomic E-state index is 0.379. The van der Waals surface area contributed by atoms with E-state index in [2.05, 4.69) is 4.98 Å². The summed E-state index contributed by atoms with van der Waals surface area (Å²) in [7, 11) is 0. The number of nitrogen functional groups attached to an aromatic ring is 1. The Morgan fingerprint density at radius 2 is 1.78 bits per heavy atom. The minimum Gasteiger partial charge on any atom is -0.490 e. The number of nitrogens with zero attached hydrogens (tertiary/aromatic N) is 1. The highest BCUT2D eigenvalue weighted by Gasteiger charge is 2.05. The van der Waals surface area contributed by atoms with Crippen LogP contribution >= 0.6 is 0 Å². The molecule has 0 aliphatic carbocycles. The molecule has 94 valence electrons. The lowest BCUT2D eigenvalue weighted by Crippen LogP contribution is -2.03. The van der Waals surface area contributed by atoms with E-state index in [4.69, 9.17) is 15.2 Å². The molecule has 1 aromatic heterocycles. The van der Waals surface area contributed by atoms with Crippen LogP contribution in [0.1, 0.15) is 12.5 Å². The van der Waals surface area contributed by atoms with Gasteiger partial charge in [-0.25, -0.2) is 4.98 Å². The maximum atomic E-state index is 5.76. The van der Waals surface area contributed by atoms with Crippen molar-refractivity contribution in [2.45, 2.75) is 13.5 Å². The number of hydrogen-bond acceptors (Lipinski definition) is 4. The zero-order valence-electron chi connectivity index (χ0n) is 10.3. The summed E-state index contributed by atoms with van der Waals surface area (Å²) >= 11 is 0. The van der Waals surface area contributed by atoms with Gasteiger partial charge in [-0.3, -0.25) is 0 Å². The fourth-order valence-electron chi connectivity index (χ4n) is 1.57. The number of anilines is 1. The summed E-state index contributed by atoms with van der Waals surface area (Å²) in [6.07, 6.45) is 1.66. The van der Waals surface area contributed by atoms with Crippen LogP contribution in [0.3, 0.4) is 0 Å². The molecule has 0 bridgehead atoms. The topological polar surface area (TPSA) is 57.4 Å². The molecule has 4 heteroatoms. The van der Waals surface area contributed by atoms with Gasteiger partial charge in [-0.15, -0.1) is 0 Å². The largest absolute Gasteiger partial charge is 0.490 e. The molecule has 0 atom stereocenters. The van der Waals surface area contributed by atoms with Gasteiger partial charge < -0.3 is 15.2 Å². The fraction of sp³-hybridized carbons (Fsp3) is 0.214. The van der Waals surface area contributed by atoms with Gasteiger partial charge in [0, 0.05) is 11.8 Å². The van der Waals surface area contributed by atoms with Crippen molar-refractivity contribution in [2.75, 3.05) is 12.3 Å². The zero-order valence-corrected chi connectivity index (χ0v) is 10.3. The molecular weight excluding hydrogens is 228 g/mol. The van der Waals surface area contributed by atoms with Gasteiger partial charge in [0.1, 0.15) is 12.4 Å². The summed E-state index contributed by atoms with van der Waals surface area (Å²) in [5, 5.41) is 0. The Morgan fingerprint density at radius 3 is 2.44 bits per heavy atom. The van der Waals surface area contributed by atoms with Crippen molar-refractivity contribution in [3.05, 3.63) is 48.2 Å². The van der Waals surface area contributed by atoms with Crippen LogP contribution in [0.5, 0.6) is 11.5 Å². The number of para-hydroxylation sites is 2. The SMILES string of the molecule is CCOc1ccccc1OCc1cccnc1N. The third kappa shape index (κ3) is 2.91. The van der Waals surface area contributed by atoms with Crippen LogP contribution in [-0.4, -0.2) is 11.6 Å². The Morgan fingerprint density at radius 1 is 1.06 bits per heavy atom. The molecule has 0 unspecified atom stereocenters. The Hall–Kier alpha value is -2.23. The third-order valence-corrected chi connectivity index (χ3v) is 2.46. The Balaban J connectivity index is 2.08. The van der Waals surface area contributed by atoms with Crippen LogP contribution in [0.2, 0.25) is 0 Å². The second-order valence-corrected chi connectivity index (χ2v) is 3.72. The Labute approximate surface area is 106 Å². The van der Waals surface area contributed by atoms with Crippen molar-refractivity contribution >= 4 is 5.82 Å². The highest BCUT2D eigenvalue weighted by atomic mass is 16.5. The fourth-order valence-corrected chi connectivity index (χ4v) is 1.57. The van der Waals surface area contributed by atoms with Gasteiger partial charge in [0.2, 0.25) is 0 Å². The molecule has 0 radical (unpaired) electrons. The molecule has 2 N–H and O–H groups in total. The van der Waals surface area contributed by atoms with Crippen LogP contribution in [0, 0.1) is 0 Å². The van der Waals surface area contributed by atoms with Gasteiger partial charge >= 0.3 is 0 Å². The minimum absolute atomic E-state index is 0.379. The molecule has 2 aromatic rings. The molecule has 0 saturated carbocycles. The van der Waals surface area contributed by atoms with Gasteiger partial charge in [-0.2, -0.15) is 0 Å². The lowest BCUT2D eigenvalue weighted by molar-refractivity contribution is 0.269. The van der Waals surface area contributed by atoms with Crippen molar-refractivity contribution in [3.8, 4) is 11.5 Å². The van der Waals surface area contributed by atoms with Crippen LogP contribution in [-0.2, 0) is 6.61 Å². The number of hydrogen-bond donors (Lipinski definition) is 1. The first kappa shape index (κ1) is 12.2. The molecule has 4 nitrogen and oxygen atoms in total. The Kier molecular flexibility index (Phi) is 4.02. The molecular formula is C14H16N2O2. The van der Waals surface area contributed by atoms with E-state index < -0.39 is 0 Å². The van der Waals surface area contributed by atoms with E-state index >= 15 is 0 Å². The number of benzene rings is 1. The normalized spacial score (nSPS) is 10.1. The third-order valence-electron chi connectivity index (χ3n) is 2.46. The molecule has 0 fully saturated rings. The standard InChI is InChI=1S/C14H16N2O2/c1-2-17-12-7-3-4-8-13(12)18-10-11-6-5-9-16-14(11)15/h3-9H,2,10H2,1H3,(H2,15,16). The summed E-state index contributed by atoms with van der Waals surface area (Å²) in [4.78, 5) is 4.02. The van der Waals surface area contributed by atoms with Crippen LogP contribution in [0.4, 0.5) is 5.82 Å². The molecule has 0 aliphatic heterocycles. The zero-order chi connectivity index (χ0) is 12.8. The van der Waals surface area contributed by atoms with Gasteiger partial charge in [0.25, 0.3) is 0 Å². The number of aromatic nitrogens is 1. The van der Waals surface area contributed by atoms with E-state index in [1.807, 2.05) is 43.3 Å². The molecule has 0 saturated heterocycles. The van der Waals surface area contributed by atoms with E-state index in [1.165, 1.54) is 0 Å². The summed E-state index contributed by atoms with van der Waals surface area (Å²) in [5.74, 6) is 1.94. The van der Waals surface area contributed by atoms with E-state index in [-0.39, 0.29) is 0 Å². The highest BCUT2D eigenvalue weighted by Crippen LogP contribution is 2.27. The summed E-state index contributed by atoms with van der Waals surface area (Å²) < 4.78 is 11.2. The van der Waals surface area contributed by atoms with Crippen molar-refractivity contribution in [3.63, 3.8) is 0 Å². The van der Waals surface area contributed by atoms with Crippen molar-refractivity contribution < 1.29 is 9.47 Å². The molecule has 1 aromatic carbocycles. The van der Waals surface area contributed by atoms with E-state index in [0.717, 1.165) is 11.3 Å². The van der Waals surface area contributed by atoms with Crippen molar-refractivity contribution in [2.24, 2.45) is 0 Å². The van der Waals surface area contributed by atoms with Gasteiger partial charge in [-0.05, 0) is 25.1 Å². The summed E-state index contributed by atoms with van der Waals surface area (Å²) in [6.45, 7) is 2.93. The van der Waals surface area contributed by atoms with Gasteiger partial charge in [0.05, 0.1) is 6.61 Å². The van der Waals surface area contributed by atoms with Gasteiger partial charge in [-0.1, -0.05) is 18.2 Å². The number of pyridine rings is 1. The average molecular weight is 244 g/mol. The number of ether oxygens (including phenoxy) is 2. The maximum Gasteiger partial charge on any atom is 0.161 e. The first-order valence-electron chi connectivity index (χ1n) is 5.85. The first-order valence-corrected chi connectivity index (χ1v) is 5.85. The average Bonchev–Trinajstić information content (AvgIpc) is 2.40. The second-order valence-electron chi connectivity index (χ2n) is 3.72. The van der Waals surface area contributed by atoms with Crippen molar-refractivity contribution in [1.82, 2.24) is 4.98 Å². The molecule has 1 heterocycles. The second kappa shape index (κ2) is 5.91. The molecule has 0 amide bonds. The van der Waals surface area contributed by atoms with E-state index in [0.29, 0.717) is 24.8 Å². The molecule has 0 aliphatic rings. The predicted molar refractivity (Wildman–Crippen MR) is 70.6 cm³/mol. The molecule has 0 spiro atoms. The molecule has 18 heavy (non-hydrogen) atoms. The monoisotopic (exact) mass is 244 g/mol. The summed E-state index contributed by atoms with van der Waals surface area (Å²) in [6, 6.07) is 11.3. The molecule has 2 rings (SSSR count). The van der Waals surface area contributed by atoms with Crippen LogP contribution in [0.15, 0.2) is 42.6 Å². The number of nitrogens with two attached hydrogens (primary N) is 1. The van der Waals surface area contributed by atoms with E-state index in [1.54, 1.807) is 6.20 Å². The van der Waals surface area contributed by atoms with Crippen LogP contribution in [0.25, 0.3) is 0 Å². The smallest absolute Gasteiger partial charge is 0.161 e.